The summed E-state index contributed by atoms with van der Waals surface area (Å²) in [5, 5.41) is 0.754. The molecule has 14 heavy (non-hydrogen) atoms. The highest BCUT2D eigenvalue weighted by atomic mass is 35.5. The average Bonchev–Trinajstić information content (AvgIpc) is 2.48. The first-order valence-electron chi connectivity index (χ1n) is 4.29. The maximum atomic E-state index is 6.11. The summed E-state index contributed by atoms with van der Waals surface area (Å²) < 4.78 is 2.02. The van der Waals surface area contributed by atoms with E-state index in [1.807, 2.05) is 48.1 Å². The van der Waals surface area contributed by atoms with Crippen molar-refractivity contribution in [2.75, 3.05) is 0 Å². The molecule has 0 amide bonds. The van der Waals surface area contributed by atoms with Crippen LogP contribution in [0.1, 0.15) is 0 Å². The van der Waals surface area contributed by atoms with Crippen molar-refractivity contribution in [3.8, 4) is 11.3 Å². The van der Waals surface area contributed by atoms with Crippen molar-refractivity contribution in [1.29, 1.82) is 0 Å². The Kier molecular flexibility index (Phi) is 2.57. The lowest BCUT2D eigenvalue weighted by Crippen LogP contribution is -1.90. The summed E-state index contributed by atoms with van der Waals surface area (Å²) in [6.45, 7) is 0. The van der Waals surface area contributed by atoms with Crippen molar-refractivity contribution >= 4 is 24.2 Å². The van der Waals surface area contributed by atoms with Gasteiger partial charge in [-0.3, -0.25) is 0 Å². The molecule has 3 heteroatoms. The molecule has 2 aromatic rings. The maximum Gasteiger partial charge on any atom is 0.0628 e. The SMILES string of the molecule is Cn1ccc(S)c1-c1ccccc1Cl. The molecule has 0 unspecified atom stereocenters. The van der Waals surface area contributed by atoms with E-state index in [-0.39, 0.29) is 0 Å². The third-order valence-corrected chi connectivity index (χ3v) is 2.87. The molecule has 0 bridgehead atoms. The van der Waals surface area contributed by atoms with Gasteiger partial charge in [-0.05, 0) is 12.1 Å². The van der Waals surface area contributed by atoms with Gasteiger partial charge in [0.2, 0.25) is 0 Å². The molecule has 0 saturated heterocycles. The van der Waals surface area contributed by atoms with Crippen LogP contribution in [0.3, 0.4) is 0 Å². The van der Waals surface area contributed by atoms with Gasteiger partial charge in [0.1, 0.15) is 0 Å². The molecule has 0 aliphatic heterocycles. The molecule has 1 nitrogen and oxygen atoms in total. The van der Waals surface area contributed by atoms with Crippen LogP contribution in [0, 0.1) is 0 Å². The summed E-state index contributed by atoms with van der Waals surface area (Å²) in [6.07, 6.45) is 1.97. The number of nitrogens with zero attached hydrogens (tertiary/aromatic N) is 1. The van der Waals surface area contributed by atoms with Gasteiger partial charge in [-0.25, -0.2) is 0 Å². The molecule has 0 aliphatic carbocycles. The number of aryl methyl sites for hydroxylation is 1. The number of hydrogen-bond donors (Lipinski definition) is 1. The van der Waals surface area contributed by atoms with Crippen molar-refractivity contribution in [3.63, 3.8) is 0 Å². The fourth-order valence-electron chi connectivity index (χ4n) is 1.50. The highest BCUT2D eigenvalue weighted by Crippen LogP contribution is 2.32. The zero-order valence-electron chi connectivity index (χ0n) is 7.74. The second-order valence-corrected chi connectivity index (χ2v) is 4.03. The number of hydrogen-bond acceptors (Lipinski definition) is 1. The van der Waals surface area contributed by atoms with Crippen LogP contribution in [-0.4, -0.2) is 4.57 Å². The summed E-state index contributed by atoms with van der Waals surface area (Å²) in [4.78, 5) is 0.945. The van der Waals surface area contributed by atoms with Crippen molar-refractivity contribution in [1.82, 2.24) is 4.57 Å². The Morgan fingerprint density at radius 1 is 1.21 bits per heavy atom. The van der Waals surface area contributed by atoms with Crippen LogP contribution in [0.25, 0.3) is 11.3 Å². The fourth-order valence-corrected chi connectivity index (χ4v) is 2.07. The van der Waals surface area contributed by atoms with Gasteiger partial charge >= 0.3 is 0 Å². The van der Waals surface area contributed by atoms with Crippen LogP contribution in [0.15, 0.2) is 41.4 Å². The number of rotatable bonds is 1. The number of aromatic nitrogens is 1. The Balaban J connectivity index is 2.66. The van der Waals surface area contributed by atoms with Gasteiger partial charge in [0.05, 0.1) is 5.69 Å². The summed E-state index contributed by atoms with van der Waals surface area (Å²) in [5.41, 5.74) is 2.07. The highest BCUT2D eigenvalue weighted by Gasteiger charge is 2.09. The van der Waals surface area contributed by atoms with Gasteiger partial charge in [-0.1, -0.05) is 29.8 Å². The quantitative estimate of drug-likeness (QED) is 0.705. The molecule has 1 aromatic carbocycles. The van der Waals surface area contributed by atoms with E-state index in [4.69, 9.17) is 11.6 Å². The van der Waals surface area contributed by atoms with Gasteiger partial charge < -0.3 is 4.57 Å². The van der Waals surface area contributed by atoms with Crippen molar-refractivity contribution in [2.24, 2.45) is 7.05 Å². The predicted molar refractivity (Wildman–Crippen MR) is 63.1 cm³/mol. The van der Waals surface area contributed by atoms with Crippen LogP contribution in [-0.2, 0) is 7.05 Å². The van der Waals surface area contributed by atoms with E-state index in [9.17, 15) is 0 Å². The second kappa shape index (κ2) is 3.71. The maximum absolute atomic E-state index is 6.11. The molecule has 0 aliphatic rings. The zero-order chi connectivity index (χ0) is 10.1. The molecular formula is C11H10ClNS. The molecule has 0 radical (unpaired) electrons. The van der Waals surface area contributed by atoms with Gasteiger partial charge in [-0.15, -0.1) is 12.6 Å². The molecule has 0 saturated carbocycles. The Morgan fingerprint density at radius 3 is 2.50 bits per heavy atom. The first-order chi connectivity index (χ1) is 6.70. The number of benzene rings is 1. The van der Waals surface area contributed by atoms with Crippen LogP contribution in [0.4, 0.5) is 0 Å². The van der Waals surface area contributed by atoms with Gasteiger partial charge in [0.15, 0.2) is 0 Å². The Labute approximate surface area is 93.7 Å². The van der Waals surface area contributed by atoms with E-state index >= 15 is 0 Å². The normalized spacial score (nSPS) is 10.5. The minimum absolute atomic E-state index is 0.754. The molecule has 0 fully saturated rings. The van der Waals surface area contributed by atoms with Crippen LogP contribution in [0.2, 0.25) is 5.02 Å². The van der Waals surface area contributed by atoms with E-state index in [1.54, 1.807) is 0 Å². The minimum atomic E-state index is 0.754. The molecule has 2 rings (SSSR count). The monoisotopic (exact) mass is 223 g/mol. The minimum Gasteiger partial charge on any atom is -0.350 e. The lowest BCUT2D eigenvalue weighted by atomic mass is 10.1. The highest BCUT2D eigenvalue weighted by molar-refractivity contribution is 7.80. The van der Waals surface area contributed by atoms with E-state index in [2.05, 4.69) is 12.6 Å². The van der Waals surface area contributed by atoms with Crippen molar-refractivity contribution < 1.29 is 0 Å². The largest absolute Gasteiger partial charge is 0.350 e. The third-order valence-electron chi connectivity index (χ3n) is 2.18. The van der Waals surface area contributed by atoms with E-state index in [0.717, 1.165) is 21.2 Å². The molecule has 0 atom stereocenters. The Hall–Kier alpha value is -0.860. The Morgan fingerprint density at radius 2 is 1.93 bits per heavy atom. The standard InChI is InChI=1S/C11H10ClNS/c1-13-7-6-10(14)11(13)8-4-2-3-5-9(8)12/h2-7,14H,1H3. The topological polar surface area (TPSA) is 4.93 Å². The molecular weight excluding hydrogens is 214 g/mol. The zero-order valence-corrected chi connectivity index (χ0v) is 9.39. The van der Waals surface area contributed by atoms with Crippen molar-refractivity contribution in [3.05, 3.63) is 41.6 Å². The van der Waals surface area contributed by atoms with E-state index in [1.165, 1.54) is 0 Å². The van der Waals surface area contributed by atoms with E-state index in [0.29, 0.717) is 0 Å². The average molecular weight is 224 g/mol. The Bertz CT molecular complexity index is 443. The van der Waals surface area contributed by atoms with E-state index < -0.39 is 0 Å². The first-order valence-corrected chi connectivity index (χ1v) is 5.12. The molecule has 0 N–H and O–H groups in total. The second-order valence-electron chi connectivity index (χ2n) is 3.14. The number of halogens is 1. The first kappa shape index (κ1) is 9.69. The lowest BCUT2D eigenvalue weighted by Gasteiger charge is -2.06. The van der Waals surface area contributed by atoms with Gasteiger partial charge in [0.25, 0.3) is 0 Å². The van der Waals surface area contributed by atoms with Crippen LogP contribution in [0.5, 0.6) is 0 Å². The summed E-state index contributed by atoms with van der Waals surface area (Å²) in [5.74, 6) is 0. The van der Waals surface area contributed by atoms with Crippen molar-refractivity contribution in [2.45, 2.75) is 4.90 Å². The smallest absolute Gasteiger partial charge is 0.0628 e. The van der Waals surface area contributed by atoms with Gasteiger partial charge in [-0.2, -0.15) is 0 Å². The van der Waals surface area contributed by atoms with Gasteiger partial charge in [0, 0.05) is 28.7 Å². The molecule has 1 aromatic heterocycles. The fraction of sp³-hybridized carbons (Fsp3) is 0.0909. The summed E-state index contributed by atoms with van der Waals surface area (Å²) >= 11 is 10.5. The molecule has 72 valence electrons. The predicted octanol–water partition coefficient (Wildman–Crippen LogP) is 3.63. The van der Waals surface area contributed by atoms with Crippen LogP contribution < -0.4 is 0 Å². The molecule has 0 spiro atoms. The molecule has 1 heterocycles. The number of thiol groups is 1. The lowest BCUT2D eigenvalue weighted by molar-refractivity contribution is 0.931. The summed E-state index contributed by atoms with van der Waals surface area (Å²) in [6, 6.07) is 9.74. The summed E-state index contributed by atoms with van der Waals surface area (Å²) in [7, 11) is 1.98. The van der Waals surface area contributed by atoms with Crippen LogP contribution >= 0.6 is 24.2 Å². The third kappa shape index (κ3) is 1.56.